The van der Waals surface area contributed by atoms with Crippen LogP contribution < -0.4 is 0 Å². The monoisotopic (exact) mass is 345 g/mol. The molecule has 0 amide bonds. The Kier molecular flexibility index (Phi) is 9.34. The molecule has 5 heteroatoms. The Morgan fingerprint density at radius 3 is 1.88 bits per heavy atom. The summed E-state index contributed by atoms with van der Waals surface area (Å²) in [5.41, 5.74) is -1.81. The summed E-state index contributed by atoms with van der Waals surface area (Å²) in [6, 6.07) is 0. The second kappa shape index (κ2) is 10.7. The van der Waals surface area contributed by atoms with E-state index in [0.29, 0.717) is 12.8 Å². The lowest BCUT2D eigenvalue weighted by molar-refractivity contribution is -0.153. The highest BCUT2D eigenvalue weighted by Gasteiger charge is 2.35. The number of carboxylic acids is 2. The minimum absolute atomic E-state index is 0.142. The fourth-order valence-electron chi connectivity index (χ4n) is 2.41. The normalized spacial score (nSPS) is 15.6. The third-order valence-electron chi connectivity index (χ3n) is 4.81. The highest BCUT2D eigenvalue weighted by Crippen LogP contribution is 2.26. The fourth-order valence-corrected chi connectivity index (χ4v) is 2.41. The van der Waals surface area contributed by atoms with Crippen molar-refractivity contribution in [1.29, 1.82) is 0 Å². The maximum atomic E-state index is 11.1. The van der Waals surface area contributed by atoms with E-state index in [0.717, 1.165) is 44.9 Å². The molecule has 5 nitrogen and oxygen atoms in total. The highest BCUT2D eigenvalue weighted by atomic mass is 16.4. The zero-order chi connectivity index (χ0) is 19.7. The van der Waals surface area contributed by atoms with Crippen molar-refractivity contribution >= 4 is 11.9 Å². The second-order valence-corrected chi connectivity index (χ2v) is 7.90. The molecular formula is C19H36O5. The van der Waals surface area contributed by atoms with Gasteiger partial charge in [-0.3, -0.25) is 9.59 Å². The summed E-state index contributed by atoms with van der Waals surface area (Å²) in [6.07, 6.45) is 5.91. The van der Waals surface area contributed by atoms with Gasteiger partial charge in [-0.15, -0.1) is 0 Å². The van der Waals surface area contributed by atoms with E-state index < -0.39 is 28.9 Å². The Labute approximate surface area is 147 Å². The Morgan fingerprint density at radius 1 is 0.875 bits per heavy atom. The molecular weight excluding hydrogens is 308 g/mol. The van der Waals surface area contributed by atoms with Crippen LogP contribution in [0.2, 0.25) is 0 Å². The van der Waals surface area contributed by atoms with Crippen molar-refractivity contribution in [2.75, 3.05) is 0 Å². The average Bonchev–Trinajstić information content (AvgIpc) is 2.50. The quantitative estimate of drug-likeness (QED) is 0.404. The third-order valence-corrected chi connectivity index (χ3v) is 4.81. The first-order valence-corrected chi connectivity index (χ1v) is 8.98. The number of aliphatic hydroxyl groups is 1. The van der Waals surface area contributed by atoms with Gasteiger partial charge in [0.05, 0.1) is 16.9 Å². The van der Waals surface area contributed by atoms with Crippen molar-refractivity contribution in [3.8, 4) is 0 Å². The summed E-state index contributed by atoms with van der Waals surface area (Å²) in [6.45, 7) is 6.53. The van der Waals surface area contributed by atoms with Crippen molar-refractivity contribution in [2.24, 2.45) is 10.8 Å². The molecule has 2 unspecified atom stereocenters. The van der Waals surface area contributed by atoms with Crippen LogP contribution >= 0.6 is 0 Å². The summed E-state index contributed by atoms with van der Waals surface area (Å²) < 4.78 is 8.02. The summed E-state index contributed by atoms with van der Waals surface area (Å²) >= 11 is 0. The van der Waals surface area contributed by atoms with Gasteiger partial charge in [-0.2, -0.15) is 0 Å². The molecule has 24 heavy (non-hydrogen) atoms. The standard InChI is InChI=1S/C19H36O5/c1-18(2,16(21)22)14-12-10-8-6-5-7-9-11-13-15(20)19(3,4)17(23)24/h15,20H,5-14H2,1-4H3,(H,21,22)(H,23,24)/i5D. The van der Waals surface area contributed by atoms with E-state index in [1.54, 1.807) is 13.8 Å². The maximum Gasteiger partial charge on any atom is 0.311 e. The van der Waals surface area contributed by atoms with E-state index >= 15 is 0 Å². The van der Waals surface area contributed by atoms with Crippen LogP contribution in [0.4, 0.5) is 0 Å². The molecule has 0 aromatic rings. The predicted octanol–water partition coefficient (Wildman–Crippen LogP) is 4.47. The molecule has 0 bridgehead atoms. The van der Waals surface area contributed by atoms with E-state index in [4.69, 9.17) is 11.6 Å². The van der Waals surface area contributed by atoms with Crippen LogP contribution in [0.5, 0.6) is 0 Å². The molecule has 0 saturated heterocycles. The molecule has 0 aromatic heterocycles. The van der Waals surface area contributed by atoms with Gasteiger partial charge in [0, 0.05) is 1.37 Å². The predicted molar refractivity (Wildman–Crippen MR) is 95.0 cm³/mol. The van der Waals surface area contributed by atoms with Crippen molar-refractivity contribution in [2.45, 2.75) is 98.0 Å². The maximum absolute atomic E-state index is 11.1. The largest absolute Gasteiger partial charge is 0.481 e. The van der Waals surface area contributed by atoms with Gasteiger partial charge in [-0.05, 0) is 40.5 Å². The van der Waals surface area contributed by atoms with Crippen LogP contribution in [0.15, 0.2) is 0 Å². The lowest BCUT2D eigenvalue weighted by Gasteiger charge is -2.25. The van der Waals surface area contributed by atoms with E-state index in [1.165, 1.54) is 13.8 Å². The smallest absolute Gasteiger partial charge is 0.311 e. The first kappa shape index (κ1) is 20.9. The molecule has 0 rings (SSSR count). The summed E-state index contributed by atoms with van der Waals surface area (Å²) in [4.78, 5) is 22.1. The summed E-state index contributed by atoms with van der Waals surface area (Å²) in [5, 5.41) is 28.0. The number of rotatable bonds is 14. The van der Waals surface area contributed by atoms with Crippen LogP contribution in [-0.2, 0) is 9.59 Å². The molecule has 0 aliphatic rings. The van der Waals surface area contributed by atoms with E-state index in [-0.39, 0.29) is 6.40 Å². The van der Waals surface area contributed by atoms with Crippen LogP contribution in [0.3, 0.4) is 0 Å². The molecule has 3 N–H and O–H groups in total. The van der Waals surface area contributed by atoms with Crippen molar-refractivity contribution in [3.63, 3.8) is 0 Å². The minimum Gasteiger partial charge on any atom is -0.481 e. The molecule has 2 atom stereocenters. The van der Waals surface area contributed by atoms with E-state index in [9.17, 15) is 14.7 Å². The van der Waals surface area contributed by atoms with Gasteiger partial charge in [0.15, 0.2) is 0 Å². The molecule has 0 aliphatic heterocycles. The Hall–Kier alpha value is -1.10. The molecule has 0 aliphatic carbocycles. The third kappa shape index (κ3) is 8.67. The van der Waals surface area contributed by atoms with Gasteiger partial charge in [0.2, 0.25) is 0 Å². The molecule has 0 aromatic carbocycles. The lowest BCUT2D eigenvalue weighted by atomic mass is 9.84. The van der Waals surface area contributed by atoms with Gasteiger partial charge < -0.3 is 15.3 Å². The Balaban J connectivity index is 3.77. The lowest BCUT2D eigenvalue weighted by Crippen LogP contribution is -2.36. The number of aliphatic hydroxyl groups excluding tert-OH is 1. The molecule has 0 fully saturated rings. The molecule has 142 valence electrons. The van der Waals surface area contributed by atoms with Gasteiger partial charge in [-0.1, -0.05) is 51.3 Å². The van der Waals surface area contributed by atoms with Gasteiger partial charge >= 0.3 is 11.9 Å². The number of carboxylic acid groups (broad SMARTS) is 2. The first-order chi connectivity index (χ1) is 11.4. The minimum atomic E-state index is -1.13. The van der Waals surface area contributed by atoms with Crippen molar-refractivity contribution in [3.05, 3.63) is 0 Å². The molecule has 0 radical (unpaired) electrons. The fraction of sp³-hybridized carbons (Fsp3) is 0.895. The summed E-state index contributed by atoms with van der Waals surface area (Å²) in [5.74, 6) is -1.76. The van der Waals surface area contributed by atoms with Crippen LogP contribution in [-0.4, -0.2) is 33.4 Å². The molecule has 0 spiro atoms. The molecule has 0 saturated carbocycles. The van der Waals surface area contributed by atoms with E-state index in [2.05, 4.69) is 0 Å². The van der Waals surface area contributed by atoms with Gasteiger partial charge in [0.1, 0.15) is 0 Å². The zero-order valence-corrected chi connectivity index (χ0v) is 15.7. The van der Waals surface area contributed by atoms with Gasteiger partial charge in [-0.25, -0.2) is 0 Å². The van der Waals surface area contributed by atoms with Crippen molar-refractivity contribution < 1.29 is 26.3 Å². The number of unbranched alkanes of at least 4 members (excludes halogenated alkanes) is 3. The SMILES string of the molecule is [2H]C(CCCCCC(C)(C)C(=O)O)CCCCC(O)C(C)(C)C(=O)O. The Bertz CT molecular complexity index is 420. The Morgan fingerprint density at radius 2 is 1.38 bits per heavy atom. The molecule has 0 heterocycles. The topological polar surface area (TPSA) is 94.8 Å². The average molecular weight is 345 g/mol. The second-order valence-electron chi connectivity index (χ2n) is 7.90. The number of carbonyl (C=O) groups is 2. The van der Waals surface area contributed by atoms with Crippen LogP contribution in [0.1, 0.15) is 93.2 Å². The van der Waals surface area contributed by atoms with Crippen LogP contribution in [0.25, 0.3) is 0 Å². The van der Waals surface area contributed by atoms with Gasteiger partial charge in [0.25, 0.3) is 0 Å². The summed E-state index contributed by atoms with van der Waals surface area (Å²) in [7, 11) is 0. The van der Waals surface area contributed by atoms with Crippen LogP contribution in [0, 0.1) is 10.8 Å². The number of hydrogen-bond acceptors (Lipinski definition) is 3. The van der Waals surface area contributed by atoms with Crippen molar-refractivity contribution in [1.82, 2.24) is 0 Å². The van der Waals surface area contributed by atoms with E-state index in [1.807, 2.05) is 0 Å². The number of hydrogen-bond donors (Lipinski definition) is 3. The highest BCUT2D eigenvalue weighted by molar-refractivity contribution is 5.74. The zero-order valence-electron chi connectivity index (χ0n) is 16.7. The number of aliphatic carboxylic acids is 2. The first-order valence-electron chi connectivity index (χ1n) is 9.56.